The van der Waals surface area contributed by atoms with Crippen LogP contribution in [0.15, 0.2) is 29.2 Å². The summed E-state index contributed by atoms with van der Waals surface area (Å²) in [6.07, 6.45) is 3.34. The Morgan fingerprint density at radius 3 is 2.52 bits per heavy atom. The van der Waals surface area contributed by atoms with Gasteiger partial charge in [-0.2, -0.15) is 0 Å². The highest BCUT2D eigenvalue weighted by Crippen LogP contribution is 2.24. The fourth-order valence-electron chi connectivity index (χ4n) is 2.18. The summed E-state index contributed by atoms with van der Waals surface area (Å²) in [5, 5.41) is 10.1. The molecule has 1 unspecified atom stereocenters. The lowest BCUT2D eigenvalue weighted by Crippen LogP contribution is -2.49. The van der Waals surface area contributed by atoms with E-state index in [2.05, 4.69) is 12.1 Å². The fraction of sp³-hybridized carbons (Fsp3) is 0.684. The van der Waals surface area contributed by atoms with E-state index in [1.54, 1.807) is 33.1 Å². The Hall–Kier alpha value is -0.525. The molecule has 0 aliphatic carbocycles. The van der Waals surface area contributed by atoms with Gasteiger partial charge in [-0.05, 0) is 59.1 Å². The maximum atomic E-state index is 10.1. The molecule has 0 amide bonds. The highest BCUT2D eigenvalue weighted by Gasteiger charge is 2.35. The number of rotatable bonds is 9. The SMILES string of the molecule is CC(C)(O)C(C)(C)O[B]c1ccc(SCCOC2CCCCO2)cc1. The zero-order chi connectivity index (χ0) is 18.3. The van der Waals surface area contributed by atoms with Crippen molar-refractivity contribution in [1.82, 2.24) is 0 Å². The number of hydrogen-bond acceptors (Lipinski definition) is 5. The molecule has 6 heteroatoms. The van der Waals surface area contributed by atoms with Gasteiger partial charge in [-0.25, -0.2) is 0 Å². The van der Waals surface area contributed by atoms with Crippen LogP contribution in [0.2, 0.25) is 0 Å². The number of ether oxygens (including phenoxy) is 2. The molecule has 1 aliphatic rings. The van der Waals surface area contributed by atoms with E-state index in [4.69, 9.17) is 14.1 Å². The van der Waals surface area contributed by atoms with Crippen molar-refractivity contribution in [2.75, 3.05) is 19.0 Å². The summed E-state index contributed by atoms with van der Waals surface area (Å²) in [5.41, 5.74) is -0.589. The lowest BCUT2D eigenvalue weighted by molar-refractivity contribution is -0.158. The van der Waals surface area contributed by atoms with E-state index in [0.717, 1.165) is 30.7 Å². The maximum absolute atomic E-state index is 10.1. The predicted octanol–water partition coefficient (Wildman–Crippen LogP) is 3.13. The van der Waals surface area contributed by atoms with Crippen molar-refractivity contribution in [1.29, 1.82) is 0 Å². The van der Waals surface area contributed by atoms with Crippen LogP contribution in [0.3, 0.4) is 0 Å². The van der Waals surface area contributed by atoms with Gasteiger partial charge in [0.05, 0.1) is 17.8 Å². The topological polar surface area (TPSA) is 47.9 Å². The molecule has 4 nitrogen and oxygen atoms in total. The Morgan fingerprint density at radius 2 is 1.92 bits per heavy atom. The molecule has 0 bridgehead atoms. The molecule has 139 valence electrons. The third kappa shape index (κ3) is 6.95. The van der Waals surface area contributed by atoms with Crippen molar-refractivity contribution >= 4 is 24.7 Å². The van der Waals surface area contributed by atoms with Crippen LogP contribution >= 0.6 is 11.8 Å². The third-order valence-electron chi connectivity index (χ3n) is 4.64. The van der Waals surface area contributed by atoms with Gasteiger partial charge in [-0.3, -0.25) is 0 Å². The Kier molecular flexibility index (Phi) is 7.83. The zero-order valence-corrected chi connectivity index (χ0v) is 16.6. The summed E-state index contributed by atoms with van der Waals surface area (Å²) in [7, 11) is 1.70. The minimum atomic E-state index is -0.915. The van der Waals surface area contributed by atoms with Gasteiger partial charge in [-0.15, -0.1) is 11.8 Å². The highest BCUT2D eigenvalue weighted by atomic mass is 32.2. The number of thioether (sulfide) groups is 1. The molecule has 2 rings (SSSR count). The zero-order valence-electron chi connectivity index (χ0n) is 15.8. The average molecular weight is 365 g/mol. The Labute approximate surface area is 156 Å². The van der Waals surface area contributed by atoms with Crippen LogP contribution < -0.4 is 5.46 Å². The fourth-order valence-corrected chi connectivity index (χ4v) is 2.93. The van der Waals surface area contributed by atoms with Gasteiger partial charge < -0.3 is 19.2 Å². The van der Waals surface area contributed by atoms with Crippen molar-refractivity contribution in [2.45, 2.75) is 69.3 Å². The minimum absolute atomic E-state index is 0.0115. The van der Waals surface area contributed by atoms with Gasteiger partial charge in [0.1, 0.15) is 0 Å². The molecular formula is C19H30BO4S. The van der Waals surface area contributed by atoms with E-state index in [9.17, 15) is 5.11 Å². The smallest absolute Gasteiger partial charge is 0.330 e. The van der Waals surface area contributed by atoms with Crippen molar-refractivity contribution in [3.05, 3.63) is 24.3 Å². The molecule has 1 atom stereocenters. The molecule has 25 heavy (non-hydrogen) atoms. The first-order valence-electron chi connectivity index (χ1n) is 8.97. The predicted molar refractivity (Wildman–Crippen MR) is 104 cm³/mol. The van der Waals surface area contributed by atoms with Crippen LogP contribution in [-0.2, 0) is 14.1 Å². The normalized spacial score (nSPS) is 19.0. The largest absolute Gasteiger partial charge is 0.427 e. The van der Waals surface area contributed by atoms with Crippen LogP contribution in [0.25, 0.3) is 0 Å². The van der Waals surface area contributed by atoms with Crippen LogP contribution in [0.5, 0.6) is 0 Å². The monoisotopic (exact) mass is 365 g/mol. The molecule has 1 radical (unpaired) electrons. The Balaban J connectivity index is 1.69. The molecule has 1 heterocycles. The molecule has 0 spiro atoms. The van der Waals surface area contributed by atoms with Gasteiger partial charge in [0.2, 0.25) is 0 Å². The second-order valence-corrected chi connectivity index (χ2v) is 8.56. The van der Waals surface area contributed by atoms with E-state index in [1.165, 1.54) is 11.3 Å². The van der Waals surface area contributed by atoms with Crippen LogP contribution in [-0.4, -0.2) is 49.0 Å². The number of aliphatic hydroxyl groups is 1. The summed E-state index contributed by atoms with van der Waals surface area (Å²) in [5.74, 6) is 0.908. The summed E-state index contributed by atoms with van der Waals surface area (Å²) >= 11 is 1.77. The molecule has 1 saturated heterocycles. The van der Waals surface area contributed by atoms with Gasteiger partial charge in [-0.1, -0.05) is 17.6 Å². The van der Waals surface area contributed by atoms with Crippen molar-refractivity contribution < 1.29 is 19.2 Å². The summed E-state index contributed by atoms with van der Waals surface area (Å²) in [6, 6.07) is 8.20. The second kappa shape index (κ2) is 9.42. The lowest BCUT2D eigenvalue weighted by atomic mass is 9.83. The maximum Gasteiger partial charge on any atom is 0.330 e. The van der Waals surface area contributed by atoms with Crippen molar-refractivity contribution in [2.24, 2.45) is 0 Å². The van der Waals surface area contributed by atoms with Crippen molar-refractivity contribution in [3.63, 3.8) is 0 Å². The summed E-state index contributed by atoms with van der Waals surface area (Å²) in [6.45, 7) is 8.78. The summed E-state index contributed by atoms with van der Waals surface area (Å²) < 4.78 is 17.1. The van der Waals surface area contributed by atoms with Crippen LogP contribution in [0, 0.1) is 0 Å². The van der Waals surface area contributed by atoms with Gasteiger partial charge >= 0.3 is 7.48 Å². The van der Waals surface area contributed by atoms with Gasteiger partial charge in [0.25, 0.3) is 0 Å². The van der Waals surface area contributed by atoms with E-state index in [0.29, 0.717) is 6.61 Å². The lowest BCUT2D eigenvalue weighted by Gasteiger charge is -2.37. The minimum Gasteiger partial charge on any atom is -0.427 e. The van der Waals surface area contributed by atoms with Gasteiger partial charge in [0, 0.05) is 17.3 Å². The first-order chi connectivity index (χ1) is 11.8. The molecule has 1 aliphatic heterocycles. The van der Waals surface area contributed by atoms with E-state index >= 15 is 0 Å². The molecule has 1 aromatic rings. The third-order valence-corrected chi connectivity index (χ3v) is 5.61. The molecule has 1 N–H and O–H groups in total. The molecular weight excluding hydrogens is 335 g/mol. The highest BCUT2D eigenvalue weighted by molar-refractivity contribution is 7.99. The molecule has 0 saturated carbocycles. The Bertz CT molecular complexity index is 507. The number of hydrogen-bond donors (Lipinski definition) is 1. The second-order valence-electron chi connectivity index (χ2n) is 7.39. The number of benzene rings is 1. The average Bonchev–Trinajstić information content (AvgIpc) is 2.58. The van der Waals surface area contributed by atoms with Crippen LogP contribution in [0.1, 0.15) is 47.0 Å². The van der Waals surface area contributed by atoms with E-state index < -0.39 is 11.2 Å². The standard InChI is InChI=1S/C19H30BO4S/c1-18(2,21)19(3,4)24-20-15-8-10-16(11-9-15)25-14-13-23-17-7-5-6-12-22-17/h8-11,17,21H,5-7,12-14H2,1-4H3. The van der Waals surface area contributed by atoms with Gasteiger partial charge in [0.15, 0.2) is 6.29 Å². The first-order valence-corrected chi connectivity index (χ1v) is 9.96. The molecule has 1 fully saturated rings. The quantitative estimate of drug-likeness (QED) is 0.414. The Morgan fingerprint density at radius 1 is 1.20 bits per heavy atom. The van der Waals surface area contributed by atoms with Crippen LogP contribution in [0.4, 0.5) is 0 Å². The first kappa shape index (κ1) is 20.8. The molecule has 1 aromatic carbocycles. The molecule has 0 aromatic heterocycles. The van der Waals surface area contributed by atoms with Crippen molar-refractivity contribution in [3.8, 4) is 0 Å². The summed E-state index contributed by atoms with van der Waals surface area (Å²) in [4.78, 5) is 1.20. The van der Waals surface area contributed by atoms with E-state index in [1.807, 2.05) is 26.0 Å². The van der Waals surface area contributed by atoms with E-state index in [-0.39, 0.29) is 6.29 Å².